The van der Waals surface area contributed by atoms with Crippen LogP contribution in [-0.2, 0) is 9.53 Å². The second-order valence-electron chi connectivity index (χ2n) is 8.61. The van der Waals surface area contributed by atoms with Gasteiger partial charge in [0.05, 0.1) is 12.8 Å². The Morgan fingerprint density at radius 2 is 1.82 bits per heavy atom. The van der Waals surface area contributed by atoms with Crippen LogP contribution in [-0.4, -0.2) is 70.3 Å². The summed E-state index contributed by atoms with van der Waals surface area (Å²) in [6.45, 7) is 8.94. The summed E-state index contributed by atoms with van der Waals surface area (Å²) in [5, 5.41) is 0. The van der Waals surface area contributed by atoms with Gasteiger partial charge in [-0.05, 0) is 19.3 Å². The molecule has 0 bridgehead atoms. The van der Waals surface area contributed by atoms with Crippen LogP contribution >= 0.6 is 0 Å². The Bertz CT molecular complexity index is 1020. The van der Waals surface area contributed by atoms with Crippen LogP contribution in [0, 0.1) is 0 Å². The van der Waals surface area contributed by atoms with Crippen LogP contribution in [0.5, 0.6) is 0 Å². The number of carbonyl (C=O) groups is 3. The van der Waals surface area contributed by atoms with E-state index in [9.17, 15) is 14.4 Å². The maximum absolute atomic E-state index is 13.7. The molecule has 1 aliphatic rings. The molecule has 0 radical (unpaired) electrons. The molecule has 0 aliphatic carbocycles. The highest BCUT2D eigenvalue weighted by molar-refractivity contribution is 6.05. The van der Waals surface area contributed by atoms with Gasteiger partial charge in [-0.25, -0.2) is 14.8 Å². The van der Waals surface area contributed by atoms with E-state index in [-0.39, 0.29) is 35.0 Å². The Morgan fingerprint density at radius 1 is 1.12 bits per heavy atom. The number of carbonyl (C=O) groups excluding carboxylic acids is 3. The predicted molar refractivity (Wildman–Crippen MR) is 125 cm³/mol. The Kier molecular flexibility index (Phi) is 7.79. The van der Waals surface area contributed by atoms with E-state index >= 15 is 0 Å². The van der Waals surface area contributed by atoms with Gasteiger partial charge in [-0.3, -0.25) is 9.59 Å². The molecule has 1 unspecified atom stereocenters. The van der Waals surface area contributed by atoms with Crippen molar-refractivity contribution in [1.82, 2.24) is 19.8 Å². The molecule has 2 heterocycles. The Balaban J connectivity index is 2.03. The van der Waals surface area contributed by atoms with Gasteiger partial charge in [-0.15, -0.1) is 0 Å². The molecule has 8 nitrogen and oxygen atoms in total. The zero-order valence-electron chi connectivity index (χ0n) is 20.0. The zero-order chi connectivity index (χ0) is 24.1. The van der Waals surface area contributed by atoms with Crippen molar-refractivity contribution < 1.29 is 19.1 Å². The fourth-order valence-corrected chi connectivity index (χ4v) is 4.09. The van der Waals surface area contributed by atoms with E-state index in [0.717, 1.165) is 12.0 Å². The van der Waals surface area contributed by atoms with Crippen LogP contribution < -0.4 is 0 Å². The number of ether oxygens (including phenoxy) is 1. The molecule has 176 valence electrons. The van der Waals surface area contributed by atoms with Crippen LogP contribution in [0.15, 0.2) is 30.3 Å². The summed E-state index contributed by atoms with van der Waals surface area (Å²) in [6.07, 6.45) is 1.28. The normalized spacial score (nSPS) is 16.1. The molecule has 3 rings (SSSR count). The lowest BCUT2D eigenvalue weighted by atomic mass is 10.00. The molecule has 1 aromatic carbocycles. The highest BCUT2D eigenvalue weighted by atomic mass is 16.5. The van der Waals surface area contributed by atoms with E-state index in [1.165, 1.54) is 7.11 Å². The minimum absolute atomic E-state index is 0.0416. The SMILES string of the molecule is CCCC(=O)N1CCN(C(=O)c2nc(-c3ccccc3)nc(C(C)C)c2C(=O)OC)CC1C. The van der Waals surface area contributed by atoms with Gasteiger partial charge in [0, 0.05) is 37.7 Å². The first-order valence-corrected chi connectivity index (χ1v) is 11.4. The first kappa shape index (κ1) is 24.4. The third-order valence-electron chi connectivity index (χ3n) is 5.81. The first-order valence-electron chi connectivity index (χ1n) is 11.4. The molecule has 0 saturated carbocycles. The van der Waals surface area contributed by atoms with Crippen LogP contribution in [0.25, 0.3) is 11.4 Å². The largest absolute Gasteiger partial charge is 0.465 e. The Morgan fingerprint density at radius 3 is 2.39 bits per heavy atom. The van der Waals surface area contributed by atoms with Crippen molar-refractivity contribution in [2.45, 2.75) is 52.5 Å². The maximum atomic E-state index is 13.7. The van der Waals surface area contributed by atoms with Crippen molar-refractivity contribution in [1.29, 1.82) is 0 Å². The van der Waals surface area contributed by atoms with Crippen LogP contribution in [0.1, 0.15) is 73.0 Å². The van der Waals surface area contributed by atoms with Gasteiger partial charge in [-0.1, -0.05) is 51.1 Å². The van der Waals surface area contributed by atoms with Crippen molar-refractivity contribution in [2.75, 3.05) is 26.7 Å². The highest BCUT2D eigenvalue weighted by Gasteiger charge is 2.34. The second kappa shape index (κ2) is 10.6. The van der Waals surface area contributed by atoms with Gasteiger partial charge in [-0.2, -0.15) is 0 Å². The predicted octanol–water partition coefficient (Wildman–Crippen LogP) is 3.53. The highest BCUT2D eigenvalue weighted by Crippen LogP contribution is 2.27. The van der Waals surface area contributed by atoms with E-state index in [1.807, 2.05) is 62.9 Å². The topological polar surface area (TPSA) is 92.7 Å². The molecule has 1 aromatic heterocycles. The molecule has 1 saturated heterocycles. The second-order valence-corrected chi connectivity index (χ2v) is 8.61. The lowest BCUT2D eigenvalue weighted by molar-refractivity contribution is -0.135. The van der Waals surface area contributed by atoms with E-state index in [2.05, 4.69) is 9.97 Å². The molecule has 8 heteroatoms. The molecule has 33 heavy (non-hydrogen) atoms. The van der Waals surface area contributed by atoms with Gasteiger partial charge >= 0.3 is 5.97 Å². The Labute approximate surface area is 195 Å². The van der Waals surface area contributed by atoms with Gasteiger partial charge in [0.25, 0.3) is 5.91 Å². The van der Waals surface area contributed by atoms with Crippen molar-refractivity contribution in [3.8, 4) is 11.4 Å². The lowest BCUT2D eigenvalue weighted by Gasteiger charge is -2.40. The summed E-state index contributed by atoms with van der Waals surface area (Å²) in [7, 11) is 1.28. The summed E-state index contributed by atoms with van der Waals surface area (Å²) in [5.74, 6) is -0.626. The smallest absolute Gasteiger partial charge is 0.342 e. The summed E-state index contributed by atoms with van der Waals surface area (Å²) in [4.78, 5) is 51.5. The number of aromatic nitrogens is 2. The van der Waals surface area contributed by atoms with Crippen LogP contribution in [0.3, 0.4) is 0 Å². The third kappa shape index (κ3) is 5.21. The average molecular weight is 453 g/mol. The molecular formula is C25H32N4O4. The van der Waals surface area contributed by atoms with E-state index in [0.29, 0.717) is 37.6 Å². The molecule has 1 atom stereocenters. The van der Waals surface area contributed by atoms with Crippen molar-refractivity contribution in [2.24, 2.45) is 0 Å². The number of esters is 1. The fraction of sp³-hybridized carbons (Fsp3) is 0.480. The molecule has 0 spiro atoms. The first-order chi connectivity index (χ1) is 15.8. The quantitative estimate of drug-likeness (QED) is 0.623. The minimum Gasteiger partial charge on any atom is -0.465 e. The number of piperazine rings is 1. The number of hydrogen-bond donors (Lipinski definition) is 0. The number of hydrogen-bond acceptors (Lipinski definition) is 6. The number of methoxy groups -OCH3 is 1. The maximum Gasteiger partial charge on any atom is 0.342 e. The molecule has 2 aromatic rings. The number of nitrogens with zero attached hydrogens (tertiary/aromatic N) is 4. The number of rotatable bonds is 6. The van der Waals surface area contributed by atoms with Gasteiger partial charge < -0.3 is 14.5 Å². The van der Waals surface area contributed by atoms with E-state index in [1.54, 1.807) is 4.90 Å². The lowest BCUT2D eigenvalue weighted by Crippen LogP contribution is -2.55. The molecular weight excluding hydrogens is 420 g/mol. The Hall–Kier alpha value is -3.29. The minimum atomic E-state index is -0.633. The molecule has 0 N–H and O–H groups in total. The number of benzene rings is 1. The van der Waals surface area contributed by atoms with Gasteiger partial charge in [0.2, 0.25) is 5.91 Å². The van der Waals surface area contributed by atoms with Crippen molar-refractivity contribution >= 4 is 17.8 Å². The van der Waals surface area contributed by atoms with E-state index in [4.69, 9.17) is 4.74 Å². The van der Waals surface area contributed by atoms with Crippen molar-refractivity contribution in [3.05, 3.63) is 47.3 Å². The third-order valence-corrected chi connectivity index (χ3v) is 5.81. The molecule has 1 fully saturated rings. The summed E-state index contributed by atoms with van der Waals surface area (Å²) in [5.41, 5.74) is 1.38. The van der Waals surface area contributed by atoms with Crippen LogP contribution in [0.4, 0.5) is 0 Å². The van der Waals surface area contributed by atoms with E-state index < -0.39 is 5.97 Å². The zero-order valence-corrected chi connectivity index (χ0v) is 20.0. The van der Waals surface area contributed by atoms with Crippen LogP contribution in [0.2, 0.25) is 0 Å². The monoisotopic (exact) mass is 452 g/mol. The molecule has 1 aliphatic heterocycles. The standard InChI is InChI=1S/C25H32N4O4/c1-6-10-19(30)29-14-13-28(15-17(29)4)24(31)22-20(25(32)33-5)21(16(2)3)26-23(27-22)18-11-8-7-9-12-18/h7-9,11-12,16-17H,6,10,13-15H2,1-5H3. The van der Waals surface area contributed by atoms with Gasteiger partial charge in [0.15, 0.2) is 5.82 Å². The molecule has 2 amide bonds. The summed E-state index contributed by atoms with van der Waals surface area (Å²) >= 11 is 0. The van der Waals surface area contributed by atoms with Gasteiger partial charge in [0.1, 0.15) is 11.3 Å². The fourth-order valence-electron chi connectivity index (χ4n) is 4.09. The summed E-state index contributed by atoms with van der Waals surface area (Å²) in [6, 6.07) is 9.25. The number of amides is 2. The average Bonchev–Trinajstić information content (AvgIpc) is 2.82. The summed E-state index contributed by atoms with van der Waals surface area (Å²) < 4.78 is 5.00. The van der Waals surface area contributed by atoms with Crippen molar-refractivity contribution in [3.63, 3.8) is 0 Å².